The highest BCUT2D eigenvalue weighted by molar-refractivity contribution is 6.33. The van der Waals surface area contributed by atoms with E-state index in [1.807, 2.05) is 60.7 Å². The number of benzene rings is 8. The van der Waals surface area contributed by atoms with Crippen LogP contribution in [0.25, 0.3) is 111 Å². The second-order valence-electron chi connectivity index (χ2n) is 14.0. The average molecular weight is 688 g/mol. The van der Waals surface area contributed by atoms with Gasteiger partial charge in [0.2, 0.25) is 0 Å². The van der Waals surface area contributed by atoms with Crippen LogP contribution in [0.5, 0.6) is 0 Å². The number of fused-ring (bicyclic) bond motifs is 7. The Hall–Kier alpha value is -7.37. The monoisotopic (exact) mass is 687 g/mol. The first-order chi connectivity index (χ1) is 26.8. The first kappa shape index (κ1) is 29.2. The van der Waals surface area contributed by atoms with E-state index in [1.54, 1.807) is 0 Å². The van der Waals surface area contributed by atoms with Crippen molar-refractivity contribution in [1.82, 2.24) is 23.9 Å². The summed E-state index contributed by atoms with van der Waals surface area (Å²) in [6.45, 7) is 0. The first-order valence-electron chi connectivity index (χ1n) is 18.3. The van der Waals surface area contributed by atoms with Crippen LogP contribution in [0.15, 0.2) is 176 Å². The van der Waals surface area contributed by atoms with E-state index < -0.39 is 0 Å². The van der Waals surface area contributed by atoms with Gasteiger partial charge >= 0.3 is 0 Å². The second-order valence-corrected chi connectivity index (χ2v) is 14.0. The van der Waals surface area contributed by atoms with Gasteiger partial charge in [-0.25, -0.2) is 15.0 Å². The highest BCUT2D eigenvalue weighted by Gasteiger charge is 2.23. The van der Waals surface area contributed by atoms with Crippen LogP contribution in [0, 0.1) is 0 Å². The van der Waals surface area contributed by atoms with Crippen LogP contribution in [-0.2, 0) is 0 Å². The summed E-state index contributed by atoms with van der Waals surface area (Å²) in [5, 5.41) is 10.0. The molecule has 54 heavy (non-hydrogen) atoms. The summed E-state index contributed by atoms with van der Waals surface area (Å²) in [4.78, 5) is 14.9. The van der Waals surface area contributed by atoms with Crippen LogP contribution in [0.4, 0.5) is 0 Å². The maximum absolute atomic E-state index is 4.99. The maximum atomic E-state index is 4.99. The van der Waals surface area contributed by atoms with Crippen molar-refractivity contribution < 1.29 is 0 Å². The zero-order valence-corrected chi connectivity index (χ0v) is 29.0. The smallest absolute Gasteiger partial charge is 0.164 e. The molecule has 5 nitrogen and oxygen atoms in total. The fourth-order valence-electron chi connectivity index (χ4n) is 8.68. The van der Waals surface area contributed by atoms with Gasteiger partial charge in [0.05, 0.1) is 27.6 Å². The Morgan fingerprint density at radius 1 is 0.333 bits per heavy atom. The zero-order chi connectivity index (χ0) is 35.3. The van der Waals surface area contributed by atoms with E-state index in [-0.39, 0.29) is 0 Å². The van der Waals surface area contributed by atoms with E-state index in [4.69, 9.17) is 15.0 Å². The van der Waals surface area contributed by atoms with Crippen molar-refractivity contribution in [2.75, 3.05) is 0 Å². The first-order valence-corrected chi connectivity index (χ1v) is 18.3. The third-order valence-corrected chi connectivity index (χ3v) is 11.1. The zero-order valence-electron chi connectivity index (χ0n) is 29.0. The second kappa shape index (κ2) is 11.1. The summed E-state index contributed by atoms with van der Waals surface area (Å²) in [6.07, 6.45) is 0. The lowest BCUT2D eigenvalue weighted by atomic mass is 10.0. The molecule has 0 fully saturated rings. The minimum absolute atomic E-state index is 0.642. The lowest BCUT2D eigenvalue weighted by Gasteiger charge is -2.11. The predicted octanol–water partition coefficient (Wildman–Crippen LogP) is 12.3. The Balaban J connectivity index is 1.12. The van der Waals surface area contributed by atoms with Gasteiger partial charge in [-0.05, 0) is 70.8 Å². The van der Waals surface area contributed by atoms with Crippen molar-refractivity contribution in [2.45, 2.75) is 0 Å². The van der Waals surface area contributed by atoms with E-state index >= 15 is 0 Å². The molecule has 12 rings (SSSR count). The van der Waals surface area contributed by atoms with Crippen molar-refractivity contribution in [3.05, 3.63) is 176 Å². The van der Waals surface area contributed by atoms with Crippen LogP contribution < -0.4 is 0 Å². The predicted molar refractivity (Wildman–Crippen MR) is 223 cm³/mol. The molecule has 0 N–H and O–H groups in total. The van der Waals surface area contributed by atoms with Crippen molar-refractivity contribution in [3.63, 3.8) is 0 Å². The van der Waals surface area contributed by atoms with E-state index in [0.29, 0.717) is 17.5 Å². The fraction of sp³-hybridized carbons (Fsp3) is 0. The Morgan fingerprint density at radius 2 is 0.889 bits per heavy atom. The Morgan fingerprint density at radius 3 is 1.59 bits per heavy atom. The van der Waals surface area contributed by atoms with Crippen molar-refractivity contribution in [1.29, 1.82) is 0 Å². The number of rotatable bonds is 4. The van der Waals surface area contributed by atoms with E-state index in [1.165, 1.54) is 70.7 Å². The molecule has 4 aromatic heterocycles. The van der Waals surface area contributed by atoms with Gasteiger partial charge in [-0.15, -0.1) is 0 Å². The van der Waals surface area contributed by atoms with Crippen molar-refractivity contribution >= 4 is 70.7 Å². The summed E-state index contributed by atoms with van der Waals surface area (Å²) in [6, 6.07) is 62.6. The Kier molecular flexibility index (Phi) is 5.99. The van der Waals surface area contributed by atoms with Crippen LogP contribution in [-0.4, -0.2) is 23.9 Å². The highest BCUT2D eigenvalue weighted by atomic mass is 15.0. The van der Waals surface area contributed by atoms with E-state index in [2.05, 4.69) is 124 Å². The molecule has 0 aliphatic carbocycles. The number of nitrogens with zero attached hydrogens (tertiary/aromatic N) is 5. The number of hydrogen-bond donors (Lipinski definition) is 0. The van der Waals surface area contributed by atoms with E-state index in [9.17, 15) is 0 Å². The van der Waals surface area contributed by atoms with Gasteiger partial charge in [0.15, 0.2) is 17.5 Å². The minimum Gasteiger partial charge on any atom is -0.309 e. The molecular weight excluding hydrogens is 659 g/mol. The van der Waals surface area contributed by atoms with Crippen molar-refractivity contribution in [3.8, 4) is 39.9 Å². The molecule has 0 atom stereocenters. The fourth-order valence-corrected chi connectivity index (χ4v) is 8.68. The molecule has 0 spiro atoms. The molecular formula is C49H29N5. The summed E-state index contributed by atoms with van der Waals surface area (Å²) in [5.41, 5.74) is 9.97. The normalized spacial score (nSPS) is 12.1. The summed E-state index contributed by atoms with van der Waals surface area (Å²) in [7, 11) is 0. The van der Waals surface area contributed by atoms with Gasteiger partial charge < -0.3 is 8.97 Å². The molecule has 0 unspecified atom stereocenters. The van der Waals surface area contributed by atoms with Crippen LogP contribution in [0.1, 0.15) is 0 Å². The minimum atomic E-state index is 0.642. The van der Waals surface area contributed by atoms with Crippen molar-refractivity contribution in [2.24, 2.45) is 0 Å². The molecule has 5 heteroatoms. The largest absolute Gasteiger partial charge is 0.309 e. The Labute approximate surface area is 309 Å². The Bertz CT molecular complexity index is 3360. The van der Waals surface area contributed by atoms with Gasteiger partial charge in [-0.2, -0.15) is 0 Å². The number of para-hydroxylation sites is 1. The molecule has 0 radical (unpaired) electrons. The van der Waals surface area contributed by atoms with Crippen LogP contribution >= 0.6 is 0 Å². The standard InChI is InChI=1S/C49H29N5/c1-3-12-30(13-4-1)47-50-48(31-14-5-2-6-15-31)52-49(51-47)32-22-24-35(25-23-32)53-41-21-11-19-37-39-28-33-16-7-8-17-34(33)29-43(39)54-40-20-10-9-18-36(40)38-26-27-42(53)45(44(37)41)46(38)54/h1-29H. The molecule has 0 saturated heterocycles. The molecule has 8 aromatic carbocycles. The molecule has 0 saturated carbocycles. The van der Waals surface area contributed by atoms with Crippen LogP contribution in [0.3, 0.4) is 0 Å². The van der Waals surface area contributed by atoms with Gasteiger partial charge in [0.1, 0.15) is 0 Å². The molecule has 0 amide bonds. The number of aromatic nitrogens is 5. The molecule has 0 bridgehead atoms. The van der Waals surface area contributed by atoms with Gasteiger partial charge in [0, 0.05) is 49.3 Å². The van der Waals surface area contributed by atoms with Gasteiger partial charge in [-0.1, -0.05) is 121 Å². The lowest BCUT2D eigenvalue weighted by Crippen LogP contribution is -2.00. The van der Waals surface area contributed by atoms with Crippen LogP contribution in [0.2, 0.25) is 0 Å². The maximum Gasteiger partial charge on any atom is 0.164 e. The summed E-state index contributed by atoms with van der Waals surface area (Å²) < 4.78 is 4.93. The molecule has 12 aromatic rings. The quantitative estimate of drug-likeness (QED) is 0.185. The average Bonchev–Trinajstić information content (AvgIpc) is 3.73. The van der Waals surface area contributed by atoms with Gasteiger partial charge in [-0.3, -0.25) is 0 Å². The molecule has 0 aliphatic heterocycles. The third kappa shape index (κ3) is 4.12. The lowest BCUT2D eigenvalue weighted by molar-refractivity contribution is 1.07. The SMILES string of the molecule is c1ccc(-c2nc(-c3ccccc3)nc(-c3ccc(-n4c5cccc6c7cc8ccccc8cc7n7c8ccccc8c8ccc4c(c65)c87)cc3)n2)cc1. The summed E-state index contributed by atoms with van der Waals surface area (Å²) >= 11 is 0. The van der Waals surface area contributed by atoms with E-state index in [0.717, 1.165) is 22.4 Å². The topological polar surface area (TPSA) is 48.0 Å². The molecule has 250 valence electrons. The highest BCUT2D eigenvalue weighted by Crippen LogP contribution is 2.45. The molecule has 4 heterocycles. The number of hydrogen-bond acceptors (Lipinski definition) is 3. The summed E-state index contributed by atoms with van der Waals surface area (Å²) in [5.74, 6) is 1.95. The van der Waals surface area contributed by atoms with Gasteiger partial charge in [0.25, 0.3) is 0 Å². The third-order valence-electron chi connectivity index (χ3n) is 11.1. The molecule has 0 aliphatic rings.